The number of nitrogens with one attached hydrogen (secondary N) is 2. The molecule has 4 nitrogen and oxygen atoms in total. The van der Waals surface area contributed by atoms with E-state index in [0.29, 0.717) is 0 Å². The Balaban J connectivity index is 1.96. The molecule has 6 heteroatoms. The Labute approximate surface area is 128 Å². The van der Waals surface area contributed by atoms with E-state index in [4.69, 9.17) is 11.6 Å². The molecule has 0 heterocycles. The first kappa shape index (κ1) is 16.0. The maximum absolute atomic E-state index is 13.1. The van der Waals surface area contributed by atoms with Crippen molar-refractivity contribution in [1.29, 1.82) is 0 Å². The molecule has 2 rings (SSSR count). The summed E-state index contributed by atoms with van der Waals surface area (Å²) in [5.74, 6) is -0.484. The topological polar surface area (TPSA) is 61.4 Å². The molecule has 1 aromatic carbocycles. The van der Waals surface area contributed by atoms with E-state index in [1.54, 1.807) is 13.0 Å². The summed E-state index contributed by atoms with van der Waals surface area (Å²) >= 11 is 5.74. The second kappa shape index (κ2) is 6.62. The molecule has 116 valence electrons. The van der Waals surface area contributed by atoms with Gasteiger partial charge in [0.25, 0.3) is 0 Å². The lowest BCUT2D eigenvalue weighted by Crippen LogP contribution is -2.53. The molecule has 0 spiro atoms. The van der Waals surface area contributed by atoms with E-state index >= 15 is 0 Å². The number of urea groups is 1. The quantitative estimate of drug-likeness (QED) is 0.799. The van der Waals surface area contributed by atoms with Gasteiger partial charge in [-0.05, 0) is 37.5 Å². The Morgan fingerprint density at radius 1 is 1.48 bits per heavy atom. The average molecular weight is 315 g/mol. The van der Waals surface area contributed by atoms with Crippen molar-refractivity contribution in [3.63, 3.8) is 0 Å². The van der Waals surface area contributed by atoms with Crippen LogP contribution in [0.15, 0.2) is 18.2 Å². The van der Waals surface area contributed by atoms with Crippen molar-refractivity contribution in [3.8, 4) is 0 Å². The average Bonchev–Trinajstić information content (AvgIpc) is 2.90. The lowest BCUT2D eigenvalue weighted by molar-refractivity contribution is 0.162. The van der Waals surface area contributed by atoms with Crippen LogP contribution in [0.4, 0.5) is 9.18 Å². The van der Waals surface area contributed by atoms with Gasteiger partial charge in [0, 0.05) is 0 Å². The van der Waals surface area contributed by atoms with Crippen LogP contribution < -0.4 is 10.6 Å². The van der Waals surface area contributed by atoms with Gasteiger partial charge in [-0.15, -0.1) is 0 Å². The van der Waals surface area contributed by atoms with Crippen molar-refractivity contribution in [2.45, 2.75) is 44.2 Å². The minimum absolute atomic E-state index is 0.0316. The van der Waals surface area contributed by atoms with Crippen molar-refractivity contribution >= 4 is 17.6 Å². The molecular formula is C15H20ClFN2O2. The van der Waals surface area contributed by atoms with E-state index in [1.165, 1.54) is 12.1 Å². The summed E-state index contributed by atoms with van der Waals surface area (Å²) < 4.78 is 13.1. The smallest absolute Gasteiger partial charge is 0.315 e. The van der Waals surface area contributed by atoms with Gasteiger partial charge in [0.2, 0.25) is 0 Å². The van der Waals surface area contributed by atoms with Gasteiger partial charge < -0.3 is 15.7 Å². The number of carbonyl (C=O) groups is 1. The Morgan fingerprint density at radius 2 is 2.14 bits per heavy atom. The summed E-state index contributed by atoms with van der Waals surface area (Å²) in [5, 5.41) is 15.2. The van der Waals surface area contributed by atoms with E-state index in [2.05, 4.69) is 10.6 Å². The summed E-state index contributed by atoms with van der Waals surface area (Å²) in [6.45, 7) is 1.74. The van der Waals surface area contributed by atoms with Gasteiger partial charge in [0.1, 0.15) is 5.82 Å². The number of carbonyl (C=O) groups excluding carboxylic acids is 1. The zero-order valence-corrected chi connectivity index (χ0v) is 12.7. The summed E-state index contributed by atoms with van der Waals surface area (Å²) in [6, 6.07) is 3.72. The molecule has 2 amide bonds. The van der Waals surface area contributed by atoms with E-state index < -0.39 is 11.4 Å². The van der Waals surface area contributed by atoms with Gasteiger partial charge in [0.15, 0.2) is 0 Å². The molecule has 1 unspecified atom stereocenters. The van der Waals surface area contributed by atoms with Crippen LogP contribution in [0.2, 0.25) is 5.02 Å². The Bertz CT molecular complexity index is 518. The predicted molar refractivity (Wildman–Crippen MR) is 79.8 cm³/mol. The second-order valence-electron chi connectivity index (χ2n) is 5.64. The van der Waals surface area contributed by atoms with Crippen LogP contribution in [0.3, 0.4) is 0 Å². The molecule has 0 aliphatic heterocycles. The van der Waals surface area contributed by atoms with Gasteiger partial charge >= 0.3 is 6.03 Å². The molecule has 1 aliphatic rings. The van der Waals surface area contributed by atoms with Crippen molar-refractivity contribution in [1.82, 2.24) is 10.6 Å². The third kappa shape index (κ3) is 3.86. The van der Waals surface area contributed by atoms with Crippen molar-refractivity contribution in [2.24, 2.45) is 0 Å². The minimum atomic E-state index is -0.510. The molecule has 1 atom stereocenters. The van der Waals surface area contributed by atoms with E-state index in [9.17, 15) is 14.3 Å². The van der Waals surface area contributed by atoms with Crippen molar-refractivity contribution in [3.05, 3.63) is 34.6 Å². The van der Waals surface area contributed by atoms with Crippen LogP contribution in [-0.2, 0) is 0 Å². The standard InChI is InChI=1S/C15H20ClFN2O2/c1-10(11-4-5-13(17)12(16)8-11)18-14(21)19-15(9-20)6-2-3-7-15/h4-5,8,10,20H,2-3,6-7,9H2,1H3,(H2,18,19,21). The van der Waals surface area contributed by atoms with Crippen LogP contribution in [0.1, 0.15) is 44.2 Å². The molecule has 1 aliphatic carbocycles. The van der Waals surface area contributed by atoms with E-state index in [1.807, 2.05) is 0 Å². The summed E-state index contributed by atoms with van der Waals surface area (Å²) in [7, 11) is 0. The third-order valence-corrected chi connectivity index (χ3v) is 4.32. The summed E-state index contributed by atoms with van der Waals surface area (Å²) in [4.78, 5) is 12.1. The van der Waals surface area contributed by atoms with Crippen molar-refractivity contribution < 1.29 is 14.3 Å². The number of hydrogen-bond acceptors (Lipinski definition) is 2. The fourth-order valence-electron chi connectivity index (χ4n) is 2.71. The van der Waals surface area contributed by atoms with Crippen LogP contribution in [-0.4, -0.2) is 23.3 Å². The Kier molecular flexibility index (Phi) is 5.06. The maximum atomic E-state index is 13.1. The van der Waals surface area contributed by atoms with Gasteiger partial charge in [-0.3, -0.25) is 0 Å². The van der Waals surface area contributed by atoms with E-state index in [0.717, 1.165) is 31.2 Å². The third-order valence-electron chi connectivity index (χ3n) is 4.03. The molecule has 1 saturated carbocycles. The number of benzene rings is 1. The van der Waals surface area contributed by atoms with Gasteiger partial charge in [-0.25, -0.2) is 9.18 Å². The number of halogens is 2. The lowest BCUT2D eigenvalue weighted by Gasteiger charge is -2.29. The first-order valence-corrected chi connectivity index (χ1v) is 7.48. The summed E-state index contributed by atoms with van der Waals surface area (Å²) in [6.07, 6.45) is 3.58. The molecule has 0 radical (unpaired) electrons. The molecule has 21 heavy (non-hydrogen) atoms. The normalized spacial score (nSPS) is 18.3. The molecular weight excluding hydrogens is 295 g/mol. The first-order chi connectivity index (χ1) is 9.96. The number of amides is 2. The molecule has 0 bridgehead atoms. The predicted octanol–water partition coefficient (Wildman–Crippen LogP) is 3.14. The number of rotatable bonds is 4. The Hall–Kier alpha value is -1.33. The van der Waals surface area contributed by atoms with Gasteiger partial charge in [-0.2, -0.15) is 0 Å². The highest BCUT2D eigenvalue weighted by Gasteiger charge is 2.34. The lowest BCUT2D eigenvalue weighted by atomic mass is 9.99. The van der Waals surface area contributed by atoms with Crippen LogP contribution >= 0.6 is 11.6 Å². The maximum Gasteiger partial charge on any atom is 0.315 e. The monoisotopic (exact) mass is 314 g/mol. The number of aliphatic hydroxyl groups excluding tert-OH is 1. The first-order valence-electron chi connectivity index (χ1n) is 7.10. The molecule has 0 aromatic heterocycles. The summed E-state index contributed by atoms with van der Waals surface area (Å²) in [5.41, 5.74) is 0.213. The van der Waals surface area contributed by atoms with Crippen molar-refractivity contribution in [2.75, 3.05) is 6.61 Å². The fraction of sp³-hybridized carbons (Fsp3) is 0.533. The van der Waals surface area contributed by atoms with Crippen LogP contribution in [0.25, 0.3) is 0 Å². The fourth-order valence-corrected chi connectivity index (χ4v) is 2.90. The Morgan fingerprint density at radius 3 is 2.71 bits per heavy atom. The SMILES string of the molecule is CC(NC(=O)NC1(CO)CCCC1)c1ccc(F)c(Cl)c1. The van der Waals surface area contributed by atoms with Crippen LogP contribution in [0, 0.1) is 5.82 Å². The highest BCUT2D eigenvalue weighted by atomic mass is 35.5. The molecule has 1 aromatic rings. The number of aliphatic hydroxyl groups is 1. The molecule has 1 fully saturated rings. The molecule has 0 saturated heterocycles. The second-order valence-corrected chi connectivity index (χ2v) is 6.05. The minimum Gasteiger partial charge on any atom is -0.394 e. The molecule has 3 N–H and O–H groups in total. The zero-order valence-electron chi connectivity index (χ0n) is 12.0. The highest BCUT2D eigenvalue weighted by molar-refractivity contribution is 6.30. The van der Waals surface area contributed by atoms with E-state index in [-0.39, 0.29) is 23.7 Å². The van der Waals surface area contributed by atoms with Crippen LogP contribution in [0.5, 0.6) is 0 Å². The largest absolute Gasteiger partial charge is 0.394 e. The zero-order chi connectivity index (χ0) is 15.5. The van der Waals surface area contributed by atoms with Gasteiger partial charge in [-0.1, -0.05) is 30.5 Å². The van der Waals surface area contributed by atoms with Gasteiger partial charge in [0.05, 0.1) is 23.2 Å². The number of hydrogen-bond donors (Lipinski definition) is 3. The highest BCUT2D eigenvalue weighted by Crippen LogP contribution is 2.29.